The van der Waals surface area contributed by atoms with Crippen molar-refractivity contribution in [1.29, 1.82) is 0 Å². The van der Waals surface area contributed by atoms with Gasteiger partial charge in [0.1, 0.15) is 11.6 Å². The molecule has 6 nitrogen and oxygen atoms in total. The van der Waals surface area contributed by atoms with E-state index in [-0.39, 0.29) is 28.9 Å². The van der Waals surface area contributed by atoms with Gasteiger partial charge in [-0.3, -0.25) is 9.59 Å². The van der Waals surface area contributed by atoms with E-state index in [0.29, 0.717) is 43.1 Å². The van der Waals surface area contributed by atoms with Crippen LogP contribution in [0.25, 0.3) is 5.69 Å². The van der Waals surface area contributed by atoms with E-state index in [1.165, 1.54) is 30.3 Å². The number of ether oxygens (including phenoxy) is 1. The van der Waals surface area contributed by atoms with Crippen LogP contribution in [0.2, 0.25) is 0 Å². The summed E-state index contributed by atoms with van der Waals surface area (Å²) in [4.78, 5) is 29.3. The first-order valence-electron chi connectivity index (χ1n) is 10.8. The summed E-state index contributed by atoms with van der Waals surface area (Å²) in [7, 11) is 0. The first-order valence-corrected chi connectivity index (χ1v) is 10.8. The number of para-hydroxylation sites is 1. The molecule has 2 heterocycles. The van der Waals surface area contributed by atoms with Gasteiger partial charge in [-0.25, -0.2) is 4.39 Å². The van der Waals surface area contributed by atoms with Gasteiger partial charge < -0.3 is 19.1 Å². The zero-order valence-electron chi connectivity index (χ0n) is 18.8. The molecule has 0 bridgehead atoms. The smallest absolute Gasteiger partial charge is 0.387 e. The highest BCUT2D eigenvalue weighted by atomic mass is 19.3. The number of hydrogen-bond donors (Lipinski definition) is 0. The zero-order valence-corrected chi connectivity index (χ0v) is 18.8. The molecule has 0 radical (unpaired) electrons. The molecule has 2 amide bonds. The van der Waals surface area contributed by atoms with Gasteiger partial charge in [-0.2, -0.15) is 8.78 Å². The lowest BCUT2D eigenvalue weighted by atomic mass is 10.1. The van der Waals surface area contributed by atoms with Crippen molar-refractivity contribution in [3.63, 3.8) is 0 Å². The minimum atomic E-state index is -2.97. The van der Waals surface area contributed by atoms with Crippen LogP contribution in [0.4, 0.5) is 13.2 Å². The summed E-state index contributed by atoms with van der Waals surface area (Å²) in [5, 5.41) is 0. The molecule has 9 heteroatoms. The summed E-state index contributed by atoms with van der Waals surface area (Å²) in [6.45, 7) is 1.87. The van der Waals surface area contributed by atoms with Gasteiger partial charge in [-0.05, 0) is 50.2 Å². The van der Waals surface area contributed by atoms with E-state index >= 15 is 0 Å². The Bertz CT molecular complexity index is 1220. The van der Waals surface area contributed by atoms with E-state index in [0.717, 1.165) is 5.69 Å². The first-order chi connectivity index (χ1) is 16.3. The molecule has 1 aromatic heterocycles. The van der Waals surface area contributed by atoms with Gasteiger partial charge in [0, 0.05) is 43.1 Å². The highest BCUT2D eigenvalue weighted by molar-refractivity contribution is 5.97. The van der Waals surface area contributed by atoms with Gasteiger partial charge in [0.05, 0.1) is 11.3 Å². The van der Waals surface area contributed by atoms with E-state index in [1.807, 2.05) is 6.92 Å². The number of benzene rings is 2. The van der Waals surface area contributed by atoms with E-state index in [2.05, 4.69) is 4.74 Å². The Morgan fingerprint density at radius 2 is 1.53 bits per heavy atom. The number of aromatic nitrogens is 1. The second-order valence-corrected chi connectivity index (χ2v) is 8.06. The molecule has 0 N–H and O–H groups in total. The van der Waals surface area contributed by atoms with Crippen molar-refractivity contribution >= 4 is 11.8 Å². The van der Waals surface area contributed by atoms with Crippen molar-refractivity contribution in [2.24, 2.45) is 0 Å². The van der Waals surface area contributed by atoms with Crippen molar-refractivity contribution in [3.8, 4) is 11.4 Å². The number of piperazine rings is 1. The predicted molar refractivity (Wildman–Crippen MR) is 120 cm³/mol. The second-order valence-electron chi connectivity index (χ2n) is 8.06. The maximum Gasteiger partial charge on any atom is 0.387 e. The highest BCUT2D eigenvalue weighted by Gasteiger charge is 2.28. The fraction of sp³-hybridized carbons (Fsp3) is 0.280. The molecule has 1 aliphatic heterocycles. The van der Waals surface area contributed by atoms with Crippen molar-refractivity contribution in [2.45, 2.75) is 20.5 Å². The average Bonchev–Trinajstić information content (AvgIpc) is 3.12. The molecule has 0 aliphatic carbocycles. The lowest BCUT2D eigenvalue weighted by molar-refractivity contribution is -0.0499. The van der Waals surface area contributed by atoms with Crippen LogP contribution in [0, 0.1) is 19.7 Å². The number of rotatable bonds is 5. The van der Waals surface area contributed by atoms with E-state index in [1.54, 1.807) is 45.6 Å². The molecule has 1 fully saturated rings. The largest absolute Gasteiger partial charge is 0.435 e. The predicted octanol–water partition coefficient (Wildman–Crippen LogP) is 4.43. The summed E-state index contributed by atoms with van der Waals surface area (Å²) in [6.07, 6.45) is 0. The van der Waals surface area contributed by atoms with Crippen LogP contribution in [0.3, 0.4) is 0 Å². The molecule has 1 saturated heterocycles. The number of carbonyl (C=O) groups is 2. The topological polar surface area (TPSA) is 54.8 Å². The van der Waals surface area contributed by atoms with Crippen LogP contribution < -0.4 is 4.74 Å². The molecular formula is C25H24F3N3O3. The van der Waals surface area contributed by atoms with Gasteiger partial charge in [-0.15, -0.1) is 0 Å². The standard InChI is InChI=1S/C25H24F3N3O3/c1-16-14-20(17(2)31(16)22-9-4-3-8-21(22)26)24(33)30-12-10-29(11-13-30)23(32)18-6-5-7-19(15-18)34-25(27)28/h3-9,14-15,25H,10-13H2,1-2H3. The third-order valence-corrected chi connectivity index (χ3v) is 5.92. The number of carbonyl (C=O) groups excluding carboxylic acids is 2. The minimum Gasteiger partial charge on any atom is -0.435 e. The van der Waals surface area contributed by atoms with Crippen molar-refractivity contribution < 1.29 is 27.5 Å². The maximum absolute atomic E-state index is 14.3. The molecule has 1 aliphatic rings. The van der Waals surface area contributed by atoms with E-state index in [4.69, 9.17) is 0 Å². The number of halogens is 3. The van der Waals surface area contributed by atoms with Crippen LogP contribution >= 0.6 is 0 Å². The summed E-state index contributed by atoms with van der Waals surface area (Å²) < 4.78 is 45.4. The normalized spacial score (nSPS) is 13.9. The number of alkyl halides is 2. The van der Waals surface area contributed by atoms with Crippen LogP contribution in [0.1, 0.15) is 32.1 Å². The Morgan fingerprint density at radius 1 is 0.882 bits per heavy atom. The Morgan fingerprint density at radius 3 is 2.18 bits per heavy atom. The van der Waals surface area contributed by atoms with Crippen LogP contribution in [0.5, 0.6) is 5.75 Å². The van der Waals surface area contributed by atoms with E-state index < -0.39 is 6.61 Å². The van der Waals surface area contributed by atoms with Gasteiger partial charge in [0.2, 0.25) is 0 Å². The molecule has 2 aromatic carbocycles. The van der Waals surface area contributed by atoms with Crippen LogP contribution in [-0.2, 0) is 0 Å². The highest BCUT2D eigenvalue weighted by Crippen LogP contribution is 2.25. The third-order valence-electron chi connectivity index (χ3n) is 5.92. The number of hydrogen-bond acceptors (Lipinski definition) is 3. The quantitative estimate of drug-likeness (QED) is 0.553. The Balaban J connectivity index is 1.45. The first kappa shape index (κ1) is 23.4. The van der Waals surface area contributed by atoms with Gasteiger partial charge >= 0.3 is 6.61 Å². The van der Waals surface area contributed by atoms with Crippen LogP contribution in [0.15, 0.2) is 54.6 Å². The van der Waals surface area contributed by atoms with Crippen molar-refractivity contribution in [3.05, 3.63) is 82.9 Å². The summed E-state index contributed by atoms with van der Waals surface area (Å²) >= 11 is 0. The summed E-state index contributed by atoms with van der Waals surface area (Å²) in [6, 6.07) is 13.8. The van der Waals surface area contributed by atoms with E-state index in [9.17, 15) is 22.8 Å². The number of nitrogens with zero attached hydrogens (tertiary/aromatic N) is 3. The minimum absolute atomic E-state index is 0.0835. The molecule has 3 aromatic rings. The Hall–Kier alpha value is -3.75. The van der Waals surface area contributed by atoms with Gasteiger partial charge in [-0.1, -0.05) is 18.2 Å². The molecule has 0 saturated carbocycles. The van der Waals surface area contributed by atoms with Crippen molar-refractivity contribution in [2.75, 3.05) is 26.2 Å². The van der Waals surface area contributed by atoms with Gasteiger partial charge in [0.25, 0.3) is 11.8 Å². The molecule has 4 rings (SSSR count). The zero-order chi connectivity index (χ0) is 24.4. The number of amides is 2. The summed E-state index contributed by atoms with van der Waals surface area (Å²) in [5.41, 5.74) is 2.49. The SMILES string of the molecule is Cc1cc(C(=O)N2CCN(C(=O)c3cccc(OC(F)F)c3)CC2)c(C)n1-c1ccccc1F. The molecule has 0 unspecified atom stereocenters. The summed E-state index contributed by atoms with van der Waals surface area (Å²) in [5.74, 6) is -0.960. The van der Waals surface area contributed by atoms with Crippen molar-refractivity contribution in [1.82, 2.24) is 14.4 Å². The molecule has 178 valence electrons. The lowest BCUT2D eigenvalue weighted by Crippen LogP contribution is -2.50. The molecular weight excluding hydrogens is 447 g/mol. The lowest BCUT2D eigenvalue weighted by Gasteiger charge is -2.35. The molecule has 34 heavy (non-hydrogen) atoms. The molecule has 0 atom stereocenters. The fourth-order valence-electron chi connectivity index (χ4n) is 4.25. The second kappa shape index (κ2) is 9.62. The van der Waals surface area contributed by atoms with Gasteiger partial charge in [0.15, 0.2) is 0 Å². The number of aryl methyl sites for hydroxylation is 1. The Labute approximate surface area is 195 Å². The fourth-order valence-corrected chi connectivity index (χ4v) is 4.25. The van der Waals surface area contributed by atoms with Crippen LogP contribution in [-0.4, -0.2) is 59.0 Å². The third kappa shape index (κ3) is 4.64. The Kier molecular flexibility index (Phi) is 6.63. The monoisotopic (exact) mass is 471 g/mol. The maximum atomic E-state index is 14.3. The average molecular weight is 471 g/mol. The molecule has 0 spiro atoms.